The summed E-state index contributed by atoms with van der Waals surface area (Å²) >= 11 is 3.36. The van der Waals surface area contributed by atoms with Crippen LogP contribution in [0.2, 0.25) is 0 Å². The summed E-state index contributed by atoms with van der Waals surface area (Å²) < 4.78 is 11.8. The third-order valence-corrected chi connectivity index (χ3v) is 3.44. The molecule has 0 aromatic heterocycles. The number of benzene rings is 1. The fraction of sp³-hybridized carbons (Fsp3) is 0.333. The Morgan fingerprint density at radius 2 is 2.07 bits per heavy atom. The summed E-state index contributed by atoms with van der Waals surface area (Å²) in [5, 5.41) is 0. The average Bonchev–Trinajstić information content (AvgIpc) is 2.01. The normalized spacial score (nSPS) is 11.7. The van der Waals surface area contributed by atoms with Crippen LogP contribution in [0.15, 0.2) is 22.7 Å². The molecule has 0 amide bonds. The third kappa shape index (κ3) is 3.21. The summed E-state index contributed by atoms with van der Waals surface area (Å²) in [5.74, 6) is 0. The van der Waals surface area contributed by atoms with Crippen molar-refractivity contribution in [3.8, 4) is 0 Å². The molecule has 1 aromatic rings. The van der Waals surface area contributed by atoms with Crippen molar-refractivity contribution in [1.29, 1.82) is 0 Å². The zero-order chi connectivity index (χ0) is 10.8. The molecule has 0 saturated heterocycles. The molecule has 14 heavy (non-hydrogen) atoms. The summed E-state index contributed by atoms with van der Waals surface area (Å²) in [7, 11) is -3.97. The fourth-order valence-electron chi connectivity index (χ4n) is 1.37. The highest BCUT2D eigenvalue weighted by Crippen LogP contribution is 2.40. The van der Waals surface area contributed by atoms with Gasteiger partial charge in [0, 0.05) is 4.47 Å². The minimum absolute atomic E-state index is 0.185. The molecule has 1 rings (SSSR count). The van der Waals surface area contributed by atoms with Gasteiger partial charge in [-0.2, -0.15) is 0 Å². The van der Waals surface area contributed by atoms with Crippen LogP contribution < -0.4 is 0 Å². The van der Waals surface area contributed by atoms with Crippen LogP contribution in [0.4, 0.5) is 0 Å². The summed E-state index contributed by atoms with van der Waals surface area (Å²) in [4.78, 5) is 17.8. The monoisotopic (exact) mass is 278 g/mol. The molecule has 0 aliphatic rings. The molecule has 0 atom stereocenters. The Morgan fingerprint density at radius 3 is 2.57 bits per heavy atom. The standard InChI is InChI=1S/C9H12BrO3P/c1-2-8-7(6-14(11,12)13)4-3-5-9(8)10/h3-5H,2,6H2,1H3,(H2,11,12,13). The molecule has 5 heteroatoms. The topological polar surface area (TPSA) is 57.5 Å². The second-order valence-corrected chi connectivity index (χ2v) is 5.55. The van der Waals surface area contributed by atoms with Crippen molar-refractivity contribution in [3.63, 3.8) is 0 Å². The first-order chi connectivity index (χ1) is 6.44. The van der Waals surface area contributed by atoms with Crippen molar-refractivity contribution >= 4 is 23.5 Å². The van der Waals surface area contributed by atoms with Crippen molar-refractivity contribution in [2.45, 2.75) is 19.5 Å². The maximum Gasteiger partial charge on any atom is 0.329 e. The van der Waals surface area contributed by atoms with E-state index in [2.05, 4.69) is 15.9 Å². The van der Waals surface area contributed by atoms with Crippen LogP contribution in [-0.2, 0) is 17.1 Å². The van der Waals surface area contributed by atoms with E-state index in [-0.39, 0.29) is 6.16 Å². The largest absolute Gasteiger partial charge is 0.329 e. The maximum atomic E-state index is 10.9. The summed E-state index contributed by atoms with van der Waals surface area (Å²) in [6.45, 7) is 1.96. The van der Waals surface area contributed by atoms with Gasteiger partial charge >= 0.3 is 7.60 Å². The Morgan fingerprint density at radius 1 is 1.43 bits per heavy atom. The lowest BCUT2D eigenvalue weighted by atomic mass is 10.1. The van der Waals surface area contributed by atoms with Crippen LogP contribution in [0.1, 0.15) is 18.1 Å². The Bertz CT molecular complexity index is 372. The highest BCUT2D eigenvalue weighted by Gasteiger charge is 2.16. The van der Waals surface area contributed by atoms with Crippen LogP contribution >= 0.6 is 23.5 Å². The molecule has 0 unspecified atom stereocenters. The van der Waals surface area contributed by atoms with Crippen molar-refractivity contribution in [2.75, 3.05) is 0 Å². The molecule has 0 fully saturated rings. The molecule has 3 nitrogen and oxygen atoms in total. The van der Waals surface area contributed by atoms with E-state index in [9.17, 15) is 4.57 Å². The van der Waals surface area contributed by atoms with Gasteiger partial charge in [0.2, 0.25) is 0 Å². The summed E-state index contributed by atoms with van der Waals surface area (Å²) in [6, 6.07) is 5.42. The molecule has 2 N–H and O–H groups in total. The van der Waals surface area contributed by atoms with Crippen molar-refractivity contribution in [1.82, 2.24) is 0 Å². The quantitative estimate of drug-likeness (QED) is 0.836. The van der Waals surface area contributed by atoms with Crippen LogP contribution in [0.5, 0.6) is 0 Å². The average molecular weight is 279 g/mol. The maximum absolute atomic E-state index is 10.9. The van der Waals surface area contributed by atoms with Gasteiger partial charge in [0.05, 0.1) is 6.16 Å². The highest BCUT2D eigenvalue weighted by atomic mass is 79.9. The molecule has 0 spiro atoms. The first-order valence-corrected chi connectivity index (χ1v) is 6.84. The summed E-state index contributed by atoms with van der Waals surface area (Å²) in [5.41, 5.74) is 1.69. The minimum atomic E-state index is -3.97. The number of halogens is 1. The second kappa shape index (κ2) is 4.58. The van der Waals surface area contributed by atoms with Gasteiger partial charge in [-0.3, -0.25) is 4.57 Å². The number of hydrogen-bond donors (Lipinski definition) is 2. The molecule has 0 heterocycles. The van der Waals surface area contributed by atoms with Crippen LogP contribution in [0.25, 0.3) is 0 Å². The van der Waals surface area contributed by atoms with E-state index >= 15 is 0 Å². The minimum Gasteiger partial charge on any atom is -0.324 e. The predicted molar refractivity (Wildman–Crippen MR) is 59.3 cm³/mol. The van der Waals surface area contributed by atoms with E-state index in [0.717, 1.165) is 22.0 Å². The van der Waals surface area contributed by atoms with Crippen LogP contribution in [-0.4, -0.2) is 9.79 Å². The van der Waals surface area contributed by atoms with E-state index in [1.807, 2.05) is 13.0 Å². The lowest BCUT2D eigenvalue weighted by Crippen LogP contribution is -1.94. The molecule has 0 aliphatic heterocycles. The van der Waals surface area contributed by atoms with Crippen LogP contribution in [0, 0.1) is 0 Å². The Hall–Kier alpha value is -0.150. The zero-order valence-electron chi connectivity index (χ0n) is 7.77. The summed E-state index contributed by atoms with van der Waals surface area (Å²) in [6.07, 6.45) is 0.576. The first-order valence-electron chi connectivity index (χ1n) is 4.25. The van der Waals surface area contributed by atoms with Gasteiger partial charge in [0.25, 0.3) is 0 Å². The number of hydrogen-bond acceptors (Lipinski definition) is 1. The van der Waals surface area contributed by atoms with Gasteiger partial charge in [-0.15, -0.1) is 0 Å². The van der Waals surface area contributed by atoms with E-state index in [0.29, 0.717) is 0 Å². The third-order valence-electron chi connectivity index (χ3n) is 1.95. The van der Waals surface area contributed by atoms with Gasteiger partial charge in [0.1, 0.15) is 0 Å². The molecule has 0 saturated carbocycles. The predicted octanol–water partition coefficient (Wildman–Crippen LogP) is 2.69. The molecule has 0 aliphatic carbocycles. The molecular formula is C9H12BrO3P. The molecule has 1 aromatic carbocycles. The lowest BCUT2D eigenvalue weighted by molar-refractivity contribution is 0.371. The van der Waals surface area contributed by atoms with Gasteiger partial charge in [-0.25, -0.2) is 0 Å². The van der Waals surface area contributed by atoms with Crippen molar-refractivity contribution < 1.29 is 14.4 Å². The molecular weight excluding hydrogens is 267 g/mol. The smallest absolute Gasteiger partial charge is 0.324 e. The molecule has 0 radical (unpaired) electrons. The Kier molecular flexibility index (Phi) is 3.90. The highest BCUT2D eigenvalue weighted by molar-refractivity contribution is 9.10. The Balaban J connectivity index is 3.08. The van der Waals surface area contributed by atoms with Crippen molar-refractivity contribution in [3.05, 3.63) is 33.8 Å². The van der Waals surface area contributed by atoms with Gasteiger partial charge < -0.3 is 9.79 Å². The number of rotatable bonds is 3. The van der Waals surface area contributed by atoms with Gasteiger partial charge in [0.15, 0.2) is 0 Å². The lowest BCUT2D eigenvalue weighted by Gasteiger charge is -2.10. The van der Waals surface area contributed by atoms with Crippen LogP contribution in [0.3, 0.4) is 0 Å². The molecule has 0 bridgehead atoms. The van der Waals surface area contributed by atoms with E-state index < -0.39 is 7.60 Å². The Labute approximate surface area is 91.4 Å². The second-order valence-electron chi connectivity index (χ2n) is 3.05. The van der Waals surface area contributed by atoms with E-state index in [1.54, 1.807) is 12.1 Å². The van der Waals surface area contributed by atoms with Gasteiger partial charge in [-0.05, 0) is 23.6 Å². The van der Waals surface area contributed by atoms with E-state index in [4.69, 9.17) is 9.79 Å². The molecule has 78 valence electrons. The first kappa shape index (κ1) is 11.9. The van der Waals surface area contributed by atoms with Gasteiger partial charge in [-0.1, -0.05) is 35.0 Å². The zero-order valence-corrected chi connectivity index (χ0v) is 10.3. The SMILES string of the molecule is CCc1c(Br)cccc1CP(=O)(O)O. The van der Waals surface area contributed by atoms with Crippen molar-refractivity contribution in [2.24, 2.45) is 0 Å². The fourth-order valence-corrected chi connectivity index (χ4v) is 2.80. The van der Waals surface area contributed by atoms with E-state index in [1.165, 1.54) is 0 Å².